The highest BCUT2D eigenvalue weighted by molar-refractivity contribution is 7.15. The molecule has 0 aliphatic heterocycles. The molecule has 0 fully saturated rings. The van der Waals surface area contributed by atoms with Gasteiger partial charge in [-0.2, -0.15) is 0 Å². The second kappa shape index (κ2) is 7.32. The van der Waals surface area contributed by atoms with Gasteiger partial charge in [-0.15, -0.1) is 11.3 Å². The molecule has 0 radical (unpaired) electrons. The molecule has 1 atom stereocenters. The van der Waals surface area contributed by atoms with Gasteiger partial charge in [-0.1, -0.05) is 59.6 Å². The van der Waals surface area contributed by atoms with Crippen molar-refractivity contribution in [3.8, 4) is 0 Å². The monoisotopic (exact) mass is 364 g/mol. The van der Waals surface area contributed by atoms with Crippen molar-refractivity contribution in [3.63, 3.8) is 0 Å². The summed E-state index contributed by atoms with van der Waals surface area (Å²) < 4.78 is 0.512. The van der Waals surface area contributed by atoms with Gasteiger partial charge in [0, 0.05) is 27.3 Å². The summed E-state index contributed by atoms with van der Waals surface area (Å²) in [5, 5.41) is 14.6. The van der Waals surface area contributed by atoms with E-state index in [1.54, 1.807) is 12.3 Å². The predicted molar refractivity (Wildman–Crippen MR) is 96.4 cm³/mol. The number of aliphatic hydroxyl groups excluding tert-OH is 1. The molecular weight excluding hydrogens is 351 g/mol. The molecule has 6 heteroatoms. The lowest BCUT2D eigenvalue weighted by Crippen LogP contribution is -2.06. The third kappa shape index (κ3) is 4.03. The second-order valence-electron chi connectivity index (χ2n) is 4.98. The summed E-state index contributed by atoms with van der Waals surface area (Å²) in [5.74, 6) is 0. The van der Waals surface area contributed by atoms with Crippen molar-refractivity contribution in [2.24, 2.45) is 0 Å². The molecule has 23 heavy (non-hydrogen) atoms. The molecule has 0 saturated carbocycles. The summed E-state index contributed by atoms with van der Waals surface area (Å²) in [5.41, 5.74) is 2.40. The van der Waals surface area contributed by atoms with Crippen LogP contribution in [-0.2, 0) is 6.54 Å². The summed E-state index contributed by atoms with van der Waals surface area (Å²) >= 11 is 13.4. The summed E-state index contributed by atoms with van der Waals surface area (Å²) in [6.07, 6.45) is 1.01. The lowest BCUT2D eigenvalue weighted by Gasteiger charge is -2.17. The van der Waals surface area contributed by atoms with E-state index in [1.165, 1.54) is 11.3 Å². The lowest BCUT2D eigenvalue weighted by atomic mass is 10.00. The lowest BCUT2D eigenvalue weighted by molar-refractivity contribution is 0.221. The maximum Gasteiger partial charge on any atom is 0.183 e. The molecule has 118 valence electrons. The van der Waals surface area contributed by atoms with Crippen molar-refractivity contribution in [2.45, 2.75) is 12.6 Å². The van der Waals surface area contributed by atoms with Gasteiger partial charge in [0.05, 0.1) is 6.54 Å². The van der Waals surface area contributed by atoms with E-state index in [0.29, 0.717) is 16.0 Å². The van der Waals surface area contributed by atoms with Gasteiger partial charge in [0.1, 0.15) is 6.10 Å². The van der Waals surface area contributed by atoms with E-state index in [1.807, 2.05) is 42.5 Å². The standard InChI is InChI=1S/C17H14Cl2N2OS/c18-12-6-7-14(16(22)11-4-2-1-3-5-11)15(8-12)20-9-13-10-21-17(19)23-13/h1-8,10,16,20,22H,9H2. The Balaban J connectivity index is 1.85. The summed E-state index contributed by atoms with van der Waals surface area (Å²) in [6, 6.07) is 14.9. The molecule has 1 aromatic heterocycles. The topological polar surface area (TPSA) is 45.1 Å². The number of benzene rings is 2. The first kappa shape index (κ1) is 16.3. The minimum atomic E-state index is -0.721. The van der Waals surface area contributed by atoms with E-state index in [4.69, 9.17) is 23.2 Å². The van der Waals surface area contributed by atoms with Gasteiger partial charge in [-0.25, -0.2) is 4.98 Å². The van der Waals surface area contributed by atoms with Crippen LogP contribution in [0.1, 0.15) is 22.1 Å². The van der Waals surface area contributed by atoms with Crippen molar-refractivity contribution in [3.05, 3.63) is 80.2 Å². The van der Waals surface area contributed by atoms with Crippen LogP contribution < -0.4 is 5.32 Å². The van der Waals surface area contributed by atoms with Crippen LogP contribution in [0.4, 0.5) is 5.69 Å². The molecule has 3 nitrogen and oxygen atoms in total. The minimum absolute atomic E-state index is 0.512. The maximum atomic E-state index is 10.7. The second-order valence-corrected chi connectivity index (χ2v) is 7.11. The van der Waals surface area contributed by atoms with E-state index >= 15 is 0 Å². The molecule has 1 unspecified atom stereocenters. The van der Waals surface area contributed by atoms with E-state index in [2.05, 4.69) is 10.3 Å². The van der Waals surface area contributed by atoms with Crippen LogP contribution in [0.3, 0.4) is 0 Å². The number of aliphatic hydroxyl groups is 1. The molecule has 2 N–H and O–H groups in total. The quantitative estimate of drug-likeness (QED) is 0.658. The Labute approximate surface area is 148 Å². The van der Waals surface area contributed by atoms with Crippen LogP contribution >= 0.6 is 34.5 Å². The number of nitrogens with one attached hydrogen (secondary N) is 1. The average Bonchev–Trinajstić information content (AvgIpc) is 2.99. The number of thiazole rings is 1. The first-order chi connectivity index (χ1) is 11.1. The zero-order valence-corrected chi connectivity index (χ0v) is 14.4. The molecule has 0 bridgehead atoms. The normalized spacial score (nSPS) is 12.1. The highest BCUT2D eigenvalue weighted by Gasteiger charge is 2.15. The number of rotatable bonds is 5. The average molecular weight is 365 g/mol. The molecule has 1 heterocycles. The molecule has 0 amide bonds. The van der Waals surface area contributed by atoms with Crippen LogP contribution in [-0.4, -0.2) is 10.1 Å². The Bertz CT molecular complexity index is 792. The van der Waals surface area contributed by atoms with E-state index in [9.17, 15) is 5.11 Å². The first-order valence-electron chi connectivity index (χ1n) is 7.00. The number of anilines is 1. The molecule has 3 aromatic rings. The Morgan fingerprint density at radius 2 is 1.91 bits per heavy atom. The van der Waals surface area contributed by atoms with Gasteiger partial charge in [0.2, 0.25) is 0 Å². The van der Waals surface area contributed by atoms with Crippen LogP contribution in [0, 0.1) is 0 Å². The van der Waals surface area contributed by atoms with Gasteiger partial charge in [0.15, 0.2) is 4.47 Å². The van der Waals surface area contributed by atoms with Crippen LogP contribution in [0.2, 0.25) is 9.49 Å². The maximum absolute atomic E-state index is 10.7. The highest BCUT2D eigenvalue weighted by Crippen LogP contribution is 2.31. The van der Waals surface area contributed by atoms with Gasteiger partial charge in [0.25, 0.3) is 0 Å². The number of hydrogen-bond donors (Lipinski definition) is 2. The first-order valence-corrected chi connectivity index (χ1v) is 8.57. The van der Waals surface area contributed by atoms with Crippen LogP contribution in [0.15, 0.2) is 54.7 Å². The largest absolute Gasteiger partial charge is 0.384 e. The predicted octanol–water partition coefficient (Wildman–Crippen LogP) is 5.14. The highest BCUT2D eigenvalue weighted by atomic mass is 35.5. The molecule has 0 saturated heterocycles. The third-order valence-electron chi connectivity index (χ3n) is 3.40. The minimum Gasteiger partial charge on any atom is -0.384 e. The van der Waals surface area contributed by atoms with Crippen LogP contribution in [0.25, 0.3) is 0 Å². The van der Waals surface area contributed by atoms with Gasteiger partial charge < -0.3 is 10.4 Å². The molecule has 3 rings (SSSR count). The van der Waals surface area contributed by atoms with Crippen molar-refractivity contribution in [1.82, 2.24) is 4.98 Å². The third-order valence-corrected chi connectivity index (χ3v) is 4.75. The van der Waals surface area contributed by atoms with Crippen molar-refractivity contribution < 1.29 is 5.11 Å². The molecule has 0 aliphatic carbocycles. The van der Waals surface area contributed by atoms with Crippen molar-refractivity contribution >= 4 is 40.2 Å². The smallest absolute Gasteiger partial charge is 0.183 e. The zero-order chi connectivity index (χ0) is 16.2. The van der Waals surface area contributed by atoms with E-state index in [0.717, 1.165) is 21.7 Å². The summed E-state index contributed by atoms with van der Waals surface area (Å²) in [4.78, 5) is 5.03. The fourth-order valence-corrected chi connectivity index (χ4v) is 3.37. The summed E-state index contributed by atoms with van der Waals surface area (Å²) in [6.45, 7) is 0.569. The number of halogens is 2. The van der Waals surface area contributed by atoms with Gasteiger partial charge in [-0.3, -0.25) is 0 Å². The number of aromatic nitrogens is 1. The van der Waals surface area contributed by atoms with Crippen molar-refractivity contribution in [1.29, 1.82) is 0 Å². The number of nitrogens with zero attached hydrogens (tertiary/aromatic N) is 1. The molecular formula is C17H14Cl2N2OS. The zero-order valence-electron chi connectivity index (χ0n) is 12.0. The Morgan fingerprint density at radius 1 is 1.13 bits per heavy atom. The SMILES string of the molecule is OC(c1ccccc1)c1ccc(Cl)cc1NCc1cnc(Cl)s1. The van der Waals surface area contributed by atoms with Gasteiger partial charge in [-0.05, 0) is 17.7 Å². The molecule has 2 aromatic carbocycles. The van der Waals surface area contributed by atoms with E-state index in [-0.39, 0.29) is 0 Å². The number of hydrogen-bond acceptors (Lipinski definition) is 4. The van der Waals surface area contributed by atoms with Crippen molar-refractivity contribution in [2.75, 3.05) is 5.32 Å². The van der Waals surface area contributed by atoms with Crippen LogP contribution in [0.5, 0.6) is 0 Å². The molecule has 0 aliphatic rings. The Kier molecular flexibility index (Phi) is 5.18. The Morgan fingerprint density at radius 3 is 2.61 bits per heavy atom. The Hall–Kier alpha value is -1.59. The fourth-order valence-electron chi connectivity index (χ4n) is 2.28. The fraction of sp³-hybridized carbons (Fsp3) is 0.118. The van der Waals surface area contributed by atoms with Gasteiger partial charge >= 0.3 is 0 Å². The van der Waals surface area contributed by atoms with E-state index < -0.39 is 6.10 Å². The molecule has 0 spiro atoms. The summed E-state index contributed by atoms with van der Waals surface area (Å²) in [7, 11) is 0.